The third kappa shape index (κ3) is 4.66. The van der Waals surface area contributed by atoms with Crippen LogP contribution in [-0.2, 0) is 4.79 Å². The number of anilines is 1. The van der Waals surface area contributed by atoms with Gasteiger partial charge in [0.05, 0.1) is 14.2 Å². The summed E-state index contributed by atoms with van der Waals surface area (Å²) in [5, 5.41) is 3.83. The third-order valence-electron chi connectivity index (χ3n) is 3.30. The molecular weight excluding hydrogens is 349 g/mol. The van der Waals surface area contributed by atoms with Crippen LogP contribution < -0.4 is 14.8 Å². The van der Waals surface area contributed by atoms with Crippen LogP contribution in [0.3, 0.4) is 0 Å². The number of halogens is 2. The first-order valence-corrected chi connectivity index (χ1v) is 7.86. The smallest absolute Gasteiger partial charge is 0.248 e. The molecule has 0 aliphatic carbocycles. The maximum absolute atomic E-state index is 12.1. The van der Waals surface area contributed by atoms with E-state index in [0.29, 0.717) is 27.2 Å². The highest BCUT2D eigenvalue weighted by molar-refractivity contribution is 6.34. The van der Waals surface area contributed by atoms with Crippen LogP contribution in [0.5, 0.6) is 11.5 Å². The Morgan fingerprint density at radius 3 is 2.17 bits per heavy atom. The number of carbonyl (C=O) groups is 1. The van der Waals surface area contributed by atoms with Crippen molar-refractivity contribution in [3.63, 3.8) is 0 Å². The number of carbonyl (C=O) groups excluding carboxylic acids is 1. The number of nitrogens with one attached hydrogen (secondary N) is 1. The molecule has 0 fully saturated rings. The van der Waals surface area contributed by atoms with Gasteiger partial charge >= 0.3 is 0 Å². The van der Waals surface area contributed by atoms with Gasteiger partial charge in [0, 0.05) is 27.9 Å². The molecule has 0 unspecified atom stereocenters. The molecule has 6 heteroatoms. The van der Waals surface area contributed by atoms with Crippen molar-refractivity contribution in [1.29, 1.82) is 0 Å². The standard InChI is InChI=1S/C18H17Cl2NO3/c1-11-6-16(23-2)17(24-3)10-15(11)21-18(22)5-4-12-7-13(19)9-14(20)8-12/h4-10H,1-3H3,(H,21,22)/b5-4+. The number of amides is 1. The molecule has 0 radical (unpaired) electrons. The minimum absolute atomic E-state index is 0.276. The SMILES string of the molecule is COc1cc(C)c(NC(=O)/C=C/c2cc(Cl)cc(Cl)c2)cc1OC. The van der Waals surface area contributed by atoms with Crippen LogP contribution in [0, 0.1) is 6.92 Å². The van der Waals surface area contributed by atoms with Gasteiger partial charge in [-0.05, 0) is 48.4 Å². The Hall–Kier alpha value is -2.17. The molecule has 0 spiro atoms. The van der Waals surface area contributed by atoms with Gasteiger partial charge in [-0.15, -0.1) is 0 Å². The molecule has 0 aromatic heterocycles. The maximum atomic E-state index is 12.1. The van der Waals surface area contributed by atoms with E-state index in [0.717, 1.165) is 11.1 Å². The molecular formula is C18H17Cl2NO3. The molecule has 1 amide bonds. The van der Waals surface area contributed by atoms with Crippen molar-refractivity contribution >= 4 is 40.9 Å². The fourth-order valence-electron chi connectivity index (χ4n) is 2.13. The van der Waals surface area contributed by atoms with Crippen molar-refractivity contribution in [1.82, 2.24) is 0 Å². The summed E-state index contributed by atoms with van der Waals surface area (Å²) in [6.07, 6.45) is 3.06. The molecule has 4 nitrogen and oxygen atoms in total. The van der Waals surface area contributed by atoms with Gasteiger partial charge in [-0.1, -0.05) is 23.2 Å². The number of hydrogen-bond donors (Lipinski definition) is 1. The van der Waals surface area contributed by atoms with Gasteiger partial charge < -0.3 is 14.8 Å². The fourth-order valence-corrected chi connectivity index (χ4v) is 2.68. The van der Waals surface area contributed by atoms with Crippen LogP contribution >= 0.6 is 23.2 Å². The zero-order valence-corrected chi connectivity index (χ0v) is 15.0. The summed E-state index contributed by atoms with van der Waals surface area (Å²) in [6, 6.07) is 8.59. The van der Waals surface area contributed by atoms with E-state index in [1.807, 2.05) is 6.92 Å². The summed E-state index contributed by atoms with van der Waals surface area (Å²) in [6.45, 7) is 1.87. The molecule has 0 saturated carbocycles. The molecule has 1 N–H and O–H groups in total. The second-order valence-corrected chi connectivity index (χ2v) is 5.92. The predicted molar refractivity (Wildman–Crippen MR) is 98.4 cm³/mol. The second kappa shape index (κ2) is 8.08. The molecule has 0 aliphatic rings. The summed E-state index contributed by atoms with van der Waals surface area (Å²) < 4.78 is 10.5. The van der Waals surface area contributed by atoms with Gasteiger partial charge in [0.2, 0.25) is 5.91 Å². The van der Waals surface area contributed by atoms with E-state index in [9.17, 15) is 4.79 Å². The highest BCUT2D eigenvalue weighted by Crippen LogP contribution is 2.32. The summed E-state index contributed by atoms with van der Waals surface area (Å²) in [5.41, 5.74) is 2.25. The first-order chi connectivity index (χ1) is 11.4. The lowest BCUT2D eigenvalue weighted by Gasteiger charge is -2.12. The number of ether oxygens (including phenoxy) is 2. The Kier molecular flexibility index (Phi) is 6.12. The van der Waals surface area contributed by atoms with E-state index in [1.54, 1.807) is 50.6 Å². The third-order valence-corrected chi connectivity index (χ3v) is 3.74. The van der Waals surface area contributed by atoms with Gasteiger partial charge in [-0.25, -0.2) is 0 Å². The molecule has 126 valence electrons. The number of benzene rings is 2. The van der Waals surface area contributed by atoms with E-state index in [4.69, 9.17) is 32.7 Å². The zero-order chi connectivity index (χ0) is 17.7. The average Bonchev–Trinajstić information content (AvgIpc) is 2.53. The maximum Gasteiger partial charge on any atom is 0.248 e. The lowest BCUT2D eigenvalue weighted by atomic mass is 10.1. The largest absolute Gasteiger partial charge is 0.493 e. The number of methoxy groups -OCH3 is 2. The molecule has 24 heavy (non-hydrogen) atoms. The summed E-state index contributed by atoms with van der Waals surface area (Å²) in [7, 11) is 3.11. The van der Waals surface area contributed by atoms with Crippen LogP contribution in [0.1, 0.15) is 11.1 Å². The highest BCUT2D eigenvalue weighted by atomic mass is 35.5. The van der Waals surface area contributed by atoms with Crippen molar-refractivity contribution in [3.8, 4) is 11.5 Å². The van der Waals surface area contributed by atoms with E-state index >= 15 is 0 Å². The van der Waals surface area contributed by atoms with Crippen molar-refractivity contribution in [2.24, 2.45) is 0 Å². The number of aryl methyl sites for hydroxylation is 1. The normalized spacial score (nSPS) is 10.7. The fraction of sp³-hybridized carbons (Fsp3) is 0.167. The van der Waals surface area contributed by atoms with E-state index in [2.05, 4.69) is 5.32 Å². The first kappa shape index (κ1) is 18.2. The van der Waals surface area contributed by atoms with Gasteiger partial charge in [0.15, 0.2) is 11.5 Å². The van der Waals surface area contributed by atoms with Crippen molar-refractivity contribution in [2.45, 2.75) is 6.92 Å². The van der Waals surface area contributed by atoms with Gasteiger partial charge in [0.1, 0.15) is 0 Å². The van der Waals surface area contributed by atoms with Crippen LogP contribution in [0.2, 0.25) is 10.0 Å². The van der Waals surface area contributed by atoms with Gasteiger partial charge in [-0.3, -0.25) is 4.79 Å². The van der Waals surface area contributed by atoms with Crippen LogP contribution in [0.25, 0.3) is 6.08 Å². The van der Waals surface area contributed by atoms with E-state index < -0.39 is 0 Å². The Bertz CT molecular complexity index is 768. The van der Waals surface area contributed by atoms with Crippen molar-refractivity contribution < 1.29 is 14.3 Å². The first-order valence-electron chi connectivity index (χ1n) is 7.10. The minimum Gasteiger partial charge on any atom is -0.493 e. The lowest BCUT2D eigenvalue weighted by molar-refractivity contribution is -0.111. The monoisotopic (exact) mass is 365 g/mol. The quantitative estimate of drug-likeness (QED) is 0.760. The zero-order valence-electron chi connectivity index (χ0n) is 13.5. The molecule has 2 rings (SSSR count). The van der Waals surface area contributed by atoms with Crippen LogP contribution in [0.15, 0.2) is 36.4 Å². The summed E-state index contributed by atoms with van der Waals surface area (Å²) in [4.78, 5) is 12.1. The Morgan fingerprint density at radius 2 is 1.58 bits per heavy atom. The molecule has 0 bridgehead atoms. The van der Waals surface area contributed by atoms with Crippen LogP contribution in [0.4, 0.5) is 5.69 Å². The molecule has 2 aromatic rings. The topological polar surface area (TPSA) is 47.6 Å². The summed E-state index contributed by atoms with van der Waals surface area (Å²) >= 11 is 11.9. The molecule has 2 aromatic carbocycles. The highest BCUT2D eigenvalue weighted by Gasteiger charge is 2.09. The van der Waals surface area contributed by atoms with Gasteiger partial charge in [-0.2, -0.15) is 0 Å². The van der Waals surface area contributed by atoms with Crippen molar-refractivity contribution in [3.05, 3.63) is 57.6 Å². The summed E-state index contributed by atoms with van der Waals surface area (Å²) in [5.74, 6) is 0.877. The number of rotatable bonds is 5. The Balaban J connectivity index is 2.16. The minimum atomic E-state index is -0.276. The molecule has 0 atom stereocenters. The van der Waals surface area contributed by atoms with E-state index in [1.165, 1.54) is 6.08 Å². The second-order valence-electron chi connectivity index (χ2n) is 5.05. The molecule has 0 aliphatic heterocycles. The Morgan fingerprint density at radius 1 is 1.00 bits per heavy atom. The van der Waals surface area contributed by atoms with E-state index in [-0.39, 0.29) is 5.91 Å². The van der Waals surface area contributed by atoms with Crippen molar-refractivity contribution in [2.75, 3.05) is 19.5 Å². The van der Waals surface area contributed by atoms with Gasteiger partial charge in [0.25, 0.3) is 0 Å². The Labute approximate surface area is 151 Å². The average molecular weight is 366 g/mol. The lowest BCUT2D eigenvalue weighted by Crippen LogP contribution is -2.09. The predicted octanol–water partition coefficient (Wildman–Crippen LogP) is 4.97. The van der Waals surface area contributed by atoms with Crippen LogP contribution in [-0.4, -0.2) is 20.1 Å². The number of hydrogen-bond acceptors (Lipinski definition) is 3. The molecule has 0 saturated heterocycles. The molecule has 0 heterocycles.